The Morgan fingerprint density at radius 2 is 1.84 bits per heavy atom. The smallest absolute Gasteiger partial charge is 0.341 e. The highest BCUT2D eigenvalue weighted by molar-refractivity contribution is 7.89. The summed E-state index contributed by atoms with van der Waals surface area (Å²) in [6, 6.07) is 9.20. The summed E-state index contributed by atoms with van der Waals surface area (Å²) in [5.74, 6) is 0.346. The molecule has 0 aliphatic heterocycles. The number of aryl methyl sites for hydroxylation is 2. The Bertz CT molecular complexity index is 1230. The predicted octanol–water partition coefficient (Wildman–Crippen LogP) is 3.03. The molecule has 3 rings (SSSR count). The van der Waals surface area contributed by atoms with Gasteiger partial charge in [0.05, 0.1) is 31.4 Å². The van der Waals surface area contributed by atoms with Crippen LogP contribution in [0.4, 0.5) is 0 Å². The van der Waals surface area contributed by atoms with Crippen molar-refractivity contribution >= 4 is 21.9 Å². The first-order valence-electron chi connectivity index (χ1n) is 9.68. The van der Waals surface area contributed by atoms with Crippen molar-refractivity contribution in [2.24, 2.45) is 0 Å². The average Bonchev–Trinajstić information content (AvgIpc) is 3.41. The van der Waals surface area contributed by atoms with E-state index in [9.17, 15) is 18.0 Å². The lowest BCUT2D eigenvalue weighted by molar-refractivity contribution is 0.0598. The summed E-state index contributed by atoms with van der Waals surface area (Å²) < 4.78 is 43.2. The summed E-state index contributed by atoms with van der Waals surface area (Å²) in [7, 11) is -1.02. The lowest BCUT2D eigenvalue weighted by Crippen LogP contribution is -2.28. The van der Waals surface area contributed by atoms with Crippen LogP contribution in [-0.4, -0.2) is 39.4 Å². The zero-order chi connectivity index (χ0) is 23.5. The summed E-state index contributed by atoms with van der Waals surface area (Å²) in [6.45, 7) is 3.43. The fraction of sp³-hybridized carbons (Fsp3) is 0.273. The van der Waals surface area contributed by atoms with Crippen molar-refractivity contribution in [2.45, 2.75) is 31.8 Å². The summed E-state index contributed by atoms with van der Waals surface area (Å²) in [5, 5.41) is 0. The van der Waals surface area contributed by atoms with Crippen LogP contribution in [0.15, 0.2) is 56.4 Å². The molecule has 0 atom stereocenters. The lowest BCUT2D eigenvalue weighted by Gasteiger charge is -2.18. The summed E-state index contributed by atoms with van der Waals surface area (Å²) in [5.41, 5.74) is 1.15. The van der Waals surface area contributed by atoms with Crippen LogP contribution in [-0.2, 0) is 27.8 Å². The molecule has 0 aliphatic rings. The van der Waals surface area contributed by atoms with Crippen LogP contribution in [0.5, 0.6) is 0 Å². The Balaban J connectivity index is 1.78. The molecule has 9 nitrogen and oxygen atoms in total. The molecule has 32 heavy (non-hydrogen) atoms. The van der Waals surface area contributed by atoms with E-state index in [1.807, 2.05) is 0 Å². The minimum atomic E-state index is -3.86. The van der Waals surface area contributed by atoms with Crippen LogP contribution in [0.2, 0.25) is 0 Å². The Kier molecular flexibility index (Phi) is 6.85. The molecule has 10 heteroatoms. The van der Waals surface area contributed by atoms with E-state index in [1.165, 1.54) is 36.5 Å². The number of amides is 1. The van der Waals surface area contributed by atoms with Crippen molar-refractivity contribution in [1.82, 2.24) is 9.62 Å². The minimum Gasteiger partial charge on any atom is -0.468 e. The van der Waals surface area contributed by atoms with Gasteiger partial charge in [-0.05, 0) is 49.7 Å². The van der Waals surface area contributed by atoms with Crippen molar-refractivity contribution < 1.29 is 31.6 Å². The molecule has 3 aromatic rings. The van der Waals surface area contributed by atoms with Gasteiger partial charge < -0.3 is 18.5 Å². The van der Waals surface area contributed by atoms with Gasteiger partial charge in [-0.1, -0.05) is 6.07 Å². The van der Waals surface area contributed by atoms with Gasteiger partial charge in [0, 0.05) is 12.6 Å². The van der Waals surface area contributed by atoms with Crippen LogP contribution >= 0.6 is 0 Å². The molecular weight excluding hydrogens is 436 g/mol. The van der Waals surface area contributed by atoms with Gasteiger partial charge in [-0.25, -0.2) is 17.9 Å². The van der Waals surface area contributed by atoms with Gasteiger partial charge in [-0.3, -0.25) is 4.79 Å². The Hall–Kier alpha value is -3.37. The molecule has 1 N–H and O–H groups in total. The molecule has 0 saturated carbocycles. The van der Waals surface area contributed by atoms with Crippen LogP contribution in [0, 0.1) is 13.8 Å². The predicted molar refractivity (Wildman–Crippen MR) is 114 cm³/mol. The molecule has 170 valence electrons. The molecule has 1 amide bonds. The second-order valence-electron chi connectivity index (χ2n) is 7.22. The Morgan fingerprint density at radius 3 is 2.50 bits per heavy atom. The fourth-order valence-corrected chi connectivity index (χ4v) is 4.13. The van der Waals surface area contributed by atoms with Crippen LogP contribution in [0.25, 0.3) is 0 Å². The quantitative estimate of drug-likeness (QED) is 0.513. The van der Waals surface area contributed by atoms with Crippen molar-refractivity contribution in [3.63, 3.8) is 0 Å². The van der Waals surface area contributed by atoms with Crippen LogP contribution in [0.1, 0.15) is 43.6 Å². The number of carbonyl (C=O) groups excluding carboxylic acids is 2. The van der Waals surface area contributed by atoms with Gasteiger partial charge in [0.25, 0.3) is 5.91 Å². The van der Waals surface area contributed by atoms with Crippen LogP contribution < -0.4 is 4.72 Å². The van der Waals surface area contributed by atoms with Crippen LogP contribution in [0.3, 0.4) is 0 Å². The topological polar surface area (TPSA) is 119 Å². The number of ether oxygens (including phenoxy) is 1. The molecule has 1 aromatic carbocycles. The van der Waals surface area contributed by atoms with Gasteiger partial charge >= 0.3 is 5.97 Å². The maximum Gasteiger partial charge on any atom is 0.341 e. The zero-order valence-corrected chi connectivity index (χ0v) is 19.0. The average molecular weight is 461 g/mol. The SMILES string of the molecule is COC(=O)c1cc(CN(C)C(=O)c2cc(S(=O)(=O)NCc3ccco3)ccc2C)oc1C. The van der Waals surface area contributed by atoms with E-state index in [1.54, 1.807) is 39.1 Å². The number of sulfonamides is 1. The van der Waals surface area contributed by atoms with Gasteiger partial charge in [-0.2, -0.15) is 0 Å². The van der Waals surface area contributed by atoms with Crippen molar-refractivity contribution in [3.8, 4) is 0 Å². The highest BCUT2D eigenvalue weighted by Gasteiger charge is 2.22. The number of nitrogens with zero attached hydrogens (tertiary/aromatic N) is 1. The monoisotopic (exact) mass is 460 g/mol. The number of methoxy groups -OCH3 is 1. The third-order valence-electron chi connectivity index (χ3n) is 4.88. The first-order valence-corrected chi connectivity index (χ1v) is 11.2. The van der Waals surface area contributed by atoms with Gasteiger partial charge in [0.15, 0.2) is 0 Å². The second-order valence-corrected chi connectivity index (χ2v) is 8.98. The van der Waals surface area contributed by atoms with E-state index in [2.05, 4.69) is 4.72 Å². The van der Waals surface area contributed by atoms with Crippen molar-refractivity contribution in [3.05, 3.63) is 76.6 Å². The highest BCUT2D eigenvalue weighted by Crippen LogP contribution is 2.21. The Morgan fingerprint density at radius 1 is 1.09 bits per heavy atom. The van der Waals surface area contributed by atoms with Gasteiger partial charge in [-0.15, -0.1) is 0 Å². The molecule has 0 spiro atoms. The zero-order valence-electron chi connectivity index (χ0n) is 18.2. The fourth-order valence-electron chi connectivity index (χ4n) is 3.11. The van der Waals surface area contributed by atoms with E-state index < -0.39 is 16.0 Å². The van der Waals surface area contributed by atoms with E-state index in [-0.39, 0.29) is 35.0 Å². The molecule has 0 radical (unpaired) electrons. The van der Waals surface area contributed by atoms with E-state index in [0.717, 1.165) is 0 Å². The normalized spacial score (nSPS) is 11.4. The summed E-state index contributed by atoms with van der Waals surface area (Å²) in [6.07, 6.45) is 1.46. The molecule has 0 aliphatic carbocycles. The minimum absolute atomic E-state index is 0.00718. The third-order valence-corrected chi connectivity index (χ3v) is 6.28. The number of carbonyl (C=O) groups is 2. The maximum absolute atomic E-state index is 13.0. The number of benzene rings is 1. The second kappa shape index (κ2) is 9.41. The number of nitrogens with one attached hydrogen (secondary N) is 1. The third kappa shape index (κ3) is 5.09. The molecular formula is C22H24N2O7S. The maximum atomic E-state index is 13.0. The number of rotatable bonds is 8. The number of furan rings is 2. The first kappa shape index (κ1) is 23.3. The van der Waals surface area contributed by atoms with E-state index >= 15 is 0 Å². The number of hydrogen-bond donors (Lipinski definition) is 1. The molecule has 0 bridgehead atoms. The van der Waals surface area contributed by atoms with E-state index in [0.29, 0.717) is 22.8 Å². The summed E-state index contributed by atoms with van der Waals surface area (Å²) in [4.78, 5) is 26.1. The molecule has 0 saturated heterocycles. The lowest BCUT2D eigenvalue weighted by atomic mass is 10.1. The van der Waals surface area contributed by atoms with Crippen molar-refractivity contribution in [1.29, 1.82) is 0 Å². The number of hydrogen-bond acceptors (Lipinski definition) is 7. The Labute approximate surface area is 186 Å². The number of esters is 1. The molecule has 2 aromatic heterocycles. The summed E-state index contributed by atoms with van der Waals surface area (Å²) >= 11 is 0. The molecule has 2 heterocycles. The standard InChI is InChI=1S/C22H24N2O7S/c1-14-7-8-18(32(27,28)23-12-16-6-5-9-30-16)11-19(14)21(25)24(3)13-17-10-20(15(2)31-17)22(26)29-4/h5-11,23H,12-13H2,1-4H3. The molecule has 0 fully saturated rings. The highest BCUT2D eigenvalue weighted by atomic mass is 32.2. The van der Waals surface area contributed by atoms with Gasteiger partial charge in [0.2, 0.25) is 10.0 Å². The van der Waals surface area contributed by atoms with Gasteiger partial charge in [0.1, 0.15) is 22.8 Å². The molecule has 0 unspecified atom stereocenters. The largest absolute Gasteiger partial charge is 0.468 e. The first-order chi connectivity index (χ1) is 15.1. The van der Waals surface area contributed by atoms with Crippen molar-refractivity contribution in [2.75, 3.05) is 14.2 Å². The van der Waals surface area contributed by atoms with E-state index in [4.69, 9.17) is 13.6 Å².